The zero-order valence-corrected chi connectivity index (χ0v) is 17.8. The van der Waals surface area contributed by atoms with Crippen LogP contribution in [-0.4, -0.2) is 44.7 Å². The van der Waals surface area contributed by atoms with Gasteiger partial charge < -0.3 is 9.22 Å². The third-order valence-electron chi connectivity index (χ3n) is 4.72. The van der Waals surface area contributed by atoms with Gasteiger partial charge in [0, 0.05) is 12.8 Å². The van der Waals surface area contributed by atoms with E-state index in [4.69, 9.17) is 4.74 Å². The fourth-order valence-corrected chi connectivity index (χ4v) is 3.08. The molecule has 0 amide bonds. The lowest BCUT2D eigenvalue weighted by molar-refractivity contribution is -0.870. The van der Waals surface area contributed by atoms with Gasteiger partial charge in [0.1, 0.15) is 0 Å². The summed E-state index contributed by atoms with van der Waals surface area (Å²) < 4.78 is 6.22. The Hall–Kier alpha value is -0.570. The Morgan fingerprint density at radius 3 is 1.56 bits per heavy atom. The molecule has 0 aliphatic heterocycles. The minimum Gasteiger partial charge on any atom is -0.465 e. The highest BCUT2D eigenvalue weighted by molar-refractivity contribution is 5.69. The van der Waals surface area contributed by atoms with Crippen LogP contribution in [0.2, 0.25) is 0 Å². The zero-order chi connectivity index (χ0) is 18.8. The van der Waals surface area contributed by atoms with E-state index in [1.807, 2.05) is 0 Å². The van der Waals surface area contributed by atoms with E-state index in [0.717, 1.165) is 23.9 Å². The molecule has 0 bridgehead atoms. The third-order valence-corrected chi connectivity index (χ3v) is 4.72. The maximum Gasteiger partial charge on any atom is 0.305 e. The third kappa shape index (κ3) is 21.4. The number of hydrogen-bond donors (Lipinski definition) is 0. The minimum absolute atomic E-state index is 0.00974. The molecule has 0 aromatic rings. The van der Waals surface area contributed by atoms with Crippen LogP contribution in [0, 0.1) is 0 Å². The molecule has 0 radical (unpaired) electrons. The molecule has 0 aliphatic carbocycles. The highest BCUT2D eigenvalue weighted by Gasteiger charge is 2.07. The first kappa shape index (κ1) is 24.4. The van der Waals surface area contributed by atoms with Crippen LogP contribution in [0.15, 0.2) is 0 Å². The first-order valence-electron chi connectivity index (χ1n) is 10.9. The number of carbonyl (C=O) groups excluding carboxylic acids is 1. The monoisotopic (exact) mass is 356 g/mol. The molecule has 25 heavy (non-hydrogen) atoms. The number of ether oxygens (including phenoxy) is 1. The van der Waals surface area contributed by atoms with E-state index in [1.54, 1.807) is 0 Å². The number of hydrogen-bond acceptors (Lipinski definition) is 2. The van der Waals surface area contributed by atoms with Crippen molar-refractivity contribution in [3.63, 3.8) is 0 Å². The first-order chi connectivity index (χ1) is 12.0. The Balaban J connectivity index is 3.18. The molecule has 3 heteroatoms. The van der Waals surface area contributed by atoms with Gasteiger partial charge in [-0.05, 0) is 6.42 Å². The molecule has 0 N–H and O–H groups in total. The first-order valence-corrected chi connectivity index (χ1v) is 10.9. The molecule has 0 atom stereocenters. The van der Waals surface area contributed by atoms with E-state index in [9.17, 15) is 4.79 Å². The Morgan fingerprint density at radius 1 is 0.680 bits per heavy atom. The summed E-state index contributed by atoms with van der Waals surface area (Å²) in [5.74, 6) is -0.00974. The van der Waals surface area contributed by atoms with Crippen molar-refractivity contribution in [1.29, 1.82) is 0 Å². The van der Waals surface area contributed by atoms with Gasteiger partial charge in [-0.2, -0.15) is 0 Å². The lowest BCUT2D eigenvalue weighted by Crippen LogP contribution is -2.35. The maximum atomic E-state index is 11.6. The van der Waals surface area contributed by atoms with Gasteiger partial charge in [-0.15, -0.1) is 0 Å². The summed E-state index contributed by atoms with van der Waals surface area (Å²) in [6, 6.07) is 0. The molecule has 0 saturated heterocycles. The van der Waals surface area contributed by atoms with Gasteiger partial charge >= 0.3 is 5.97 Å². The molecule has 0 heterocycles. The maximum absolute atomic E-state index is 11.6. The molecule has 3 nitrogen and oxygen atoms in total. The second-order valence-corrected chi connectivity index (χ2v) is 8.58. The van der Waals surface area contributed by atoms with Crippen LogP contribution in [0.25, 0.3) is 0 Å². The Labute approximate surface area is 158 Å². The van der Waals surface area contributed by atoms with Crippen LogP contribution < -0.4 is 0 Å². The van der Waals surface area contributed by atoms with E-state index < -0.39 is 0 Å². The van der Waals surface area contributed by atoms with Gasteiger partial charge in [-0.25, -0.2) is 0 Å². The van der Waals surface area contributed by atoms with Gasteiger partial charge in [0.05, 0.1) is 34.3 Å². The molecule has 0 unspecified atom stereocenters. The van der Waals surface area contributed by atoms with E-state index in [1.165, 1.54) is 77.0 Å². The summed E-state index contributed by atoms with van der Waals surface area (Å²) in [7, 11) is 6.49. The quantitative estimate of drug-likeness (QED) is 0.168. The Morgan fingerprint density at radius 2 is 1.12 bits per heavy atom. The average molecular weight is 357 g/mol. The molecule has 0 aromatic heterocycles. The summed E-state index contributed by atoms with van der Waals surface area (Å²) >= 11 is 0. The van der Waals surface area contributed by atoms with Crippen molar-refractivity contribution in [2.24, 2.45) is 0 Å². The lowest BCUT2D eigenvalue weighted by Gasteiger charge is -2.23. The second kappa shape index (κ2) is 16.9. The highest BCUT2D eigenvalue weighted by Crippen LogP contribution is 2.13. The number of nitrogens with zero attached hydrogens (tertiary/aromatic N) is 1. The van der Waals surface area contributed by atoms with Crippen LogP contribution in [-0.2, 0) is 9.53 Å². The summed E-state index contributed by atoms with van der Waals surface area (Å²) in [4.78, 5) is 11.6. The van der Waals surface area contributed by atoms with Crippen LogP contribution in [0.5, 0.6) is 0 Å². The van der Waals surface area contributed by atoms with E-state index in [2.05, 4.69) is 28.1 Å². The topological polar surface area (TPSA) is 26.3 Å². The van der Waals surface area contributed by atoms with E-state index in [-0.39, 0.29) is 5.97 Å². The molecule has 0 aliphatic rings. The van der Waals surface area contributed by atoms with Gasteiger partial charge in [0.25, 0.3) is 0 Å². The van der Waals surface area contributed by atoms with E-state index >= 15 is 0 Å². The summed E-state index contributed by atoms with van der Waals surface area (Å²) in [5.41, 5.74) is 0. The molecule has 0 fully saturated rings. The summed E-state index contributed by atoms with van der Waals surface area (Å²) in [5, 5.41) is 0. The highest BCUT2D eigenvalue weighted by atomic mass is 16.5. The van der Waals surface area contributed by atoms with Gasteiger partial charge in [-0.1, -0.05) is 84.0 Å². The number of esters is 1. The predicted octanol–water partition coefficient (Wildman–Crippen LogP) is 6.11. The molecular weight excluding hydrogens is 310 g/mol. The summed E-state index contributed by atoms with van der Waals surface area (Å²) in [6.07, 6.45) is 18.9. The molecular formula is C22H46NO2+. The average Bonchev–Trinajstić information content (AvgIpc) is 2.55. The van der Waals surface area contributed by atoms with Crippen molar-refractivity contribution in [3.05, 3.63) is 0 Å². The smallest absolute Gasteiger partial charge is 0.305 e. The van der Waals surface area contributed by atoms with Crippen LogP contribution in [0.3, 0.4) is 0 Å². The van der Waals surface area contributed by atoms with Crippen molar-refractivity contribution < 1.29 is 14.0 Å². The fraction of sp³-hybridized carbons (Fsp3) is 0.955. The van der Waals surface area contributed by atoms with Crippen molar-refractivity contribution in [2.75, 3.05) is 34.3 Å². The molecule has 0 rings (SSSR count). The van der Waals surface area contributed by atoms with Gasteiger partial charge in [-0.3, -0.25) is 4.79 Å². The van der Waals surface area contributed by atoms with Crippen molar-refractivity contribution in [3.8, 4) is 0 Å². The predicted molar refractivity (Wildman–Crippen MR) is 109 cm³/mol. The Bertz CT molecular complexity index is 297. The summed E-state index contributed by atoms with van der Waals surface area (Å²) in [6.45, 7) is 3.90. The van der Waals surface area contributed by atoms with Crippen LogP contribution >= 0.6 is 0 Å². The lowest BCUT2D eigenvalue weighted by atomic mass is 10.0. The number of quaternary nitrogens is 1. The van der Waals surface area contributed by atoms with Crippen LogP contribution in [0.1, 0.15) is 103 Å². The number of carbonyl (C=O) groups is 1. The second-order valence-electron chi connectivity index (χ2n) is 8.58. The largest absolute Gasteiger partial charge is 0.465 e. The zero-order valence-electron chi connectivity index (χ0n) is 17.8. The normalized spacial score (nSPS) is 11.7. The van der Waals surface area contributed by atoms with Gasteiger partial charge in [0.15, 0.2) is 0 Å². The number of rotatable bonds is 18. The van der Waals surface area contributed by atoms with Gasteiger partial charge in [0.2, 0.25) is 0 Å². The van der Waals surface area contributed by atoms with Crippen molar-refractivity contribution >= 4 is 5.97 Å². The molecule has 150 valence electrons. The molecule has 0 saturated carbocycles. The molecule has 0 spiro atoms. The minimum atomic E-state index is -0.00974. The fourth-order valence-electron chi connectivity index (χ4n) is 3.08. The SMILES string of the molecule is CCCCCCCCCCCCCCCC(=O)OCCC[N+](C)(C)C. The van der Waals surface area contributed by atoms with E-state index in [0.29, 0.717) is 13.0 Å². The molecule has 0 aromatic carbocycles. The van der Waals surface area contributed by atoms with Crippen LogP contribution in [0.4, 0.5) is 0 Å². The number of unbranched alkanes of at least 4 members (excludes halogenated alkanes) is 12. The van der Waals surface area contributed by atoms with Crippen molar-refractivity contribution in [2.45, 2.75) is 103 Å². The Kier molecular flexibility index (Phi) is 16.5. The van der Waals surface area contributed by atoms with Crippen molar-refractivity contribution in [1.82, 2.24) is 0 Å². The standard InChI is InChI=1S/C22H46NO2/c1-5-6-7-8-9-10-11-12-13-14-15-16-17-19-22(24)25-21-18-20-23(2,3)4/h5-21H2,1-4H3/q+1.